The minimum atomic E-state index is -0.0361. The minimum absolute atomic E-state index is 0.0361. The van der Waals surface area contributed by atoms with Gasteiger partial charge in [0.25, 0.3) is 0 Å². The van der Waals surface area contributed by atoms with E-state index in [-0.39, 0.29) is 6.10 Å². The van der Waals surface area contributed by atoms with Crippen LogP contribution in [0, 0.1) is 0 Å². The van der Waals surface area contributed by atoms with Crippen molar-refractivity contribution in [3.8, 4) is 11.1 Å². The molecule has 0 N–H and O–H groups in total. The molecule has 0 radical (unpaired) electrons. The fourth-order valence-corrected chi connectivity index (χ4v) is 2.85. The largest absolute Gasteiger partial charge is 0.367 e. The van der Waals surface area contributed by atoms with Crippen molar-refractivity contribution in [2.24, 2.45) is 0 Å². The van der Waals surface area contributed by atoms with Crippen LogP contribution in [0.1, 0.15) is 17.2 Å². The van der Waals surface area contributed by atoms with Crippen LogP contribution in [0.25, 0.3) is 11.1 Å². The van der Waals surface area contributed by atoms with Crippen molar-refractivity contribution in [1.29, 1.82) is 0 Å². The van der Waals surface area contributed by atoms with Crippen molar-refractivity contribution >= 4 is 0 Å². The highest BCUT2D eigenvalue weighted by molar-refractivity contribution is 5.63. The molecule has 0 fully saturated rings. The monoisotopic (exact) mass is 331 g/mol. The van der Waals surface area contributed by atoms with Crippen LogP contribution >= 0.6 is 0 Å². The van der Waals surface area contributed by atoms with Crippen LogP contribution in [0.2, 0.25) is 0 Å². The molecule has 128 valence electrons. The summed E-state index contributed by atoms with van der Waals surface area (Å²) in [5, 5.41) is 0. The predicted octanol–water partition coefficient (Wildman–Crippen LogP) is 5.02. The lowest BCUT2D eigenvalue weighted by Gasteiger charge is -2.20. The maximum absolute atomic E-state index is 6.23. The summed E-state index contributed by atoms with van der Waals surface area (Å²) in [6.45, 7) is 1.61. The Hall–Kier alpha value is -2.42. The molecular weight excluding hydrogens is 306 g/mol. The normalized spacial score (nSPS) is 12.3. The lowest BCUT2D eigenvalue weighted by molar-refractivity contribution is 0.0687. The molecule has 2 heteroatoms. The van der Waals surface area contributed by atoms with Crippen molar-refractivity contribution in [2.45, 2.75) is 6.10 Å². The third kappa shape index (κ3) is 4.79. The molecule has 0 amide bonds. The molecule has 0 spiro atoms. The van der Waals surface area contributed by atoms with Gasteiger partial charge in [0.2, 0.25) is 0 Å². The minimum Gasteiger partial charge on any atom is -0.367 e. The van der Waals surface area contributed by atoms with Gasteiger partial charge in [-0.3, -0.25) is 0 Å². The number of hydrogen-bond donors (Lipinski definition) is 0. The molecule has 2 nitrogen and oxygen atoms in total. The molecule has 0 aliphatic carbocycles. The summed E-state index contributed by atoms with van der Waals surface area (Å²) in [6.07, 6.45) is -0.0361. The van der Waals surface area contributed by atoms with E-state index in [1.54, 1.807) is 0 Å². The van der Waals surface area contributed by atoms with Gasteiger partial charge in [0, 0.05) is 6.54 Å². The molecule has 3 aromatic rings. The second kappa shape index (κ2) is 8.61. The third-order valence-electron chi connectivity index (χ3n) is 4.25. The van der Waals surface area contributed by atoms with Crippen LogP contribution in [0.5, 0.6) is 0 Å². The zero-order valence-corrected chi connectivity index (χ0v) is 14.9. The van der Waals surface area contributed by atoms with Gasteiger partial charge in [0.1, 0.15) is 6.10 Å². The standard InChI is InChI=1S/C23H25NO/c1-24(2)17-18-25-23(21-11-7-4-8-12-21)22-15-13-20(14-16-22)19-9-5-3-6-10-19/h3-16,23H,17-18H2,1-2H3. The molecule has 1 unspecified atom stereocenters. The van der Waals surface area contributed by atoms with Crippen molar-refractivity contribution in [2.75, 3.05) is 27.2 Å². The molecule has 3 rings (SSSR count). The van der Waals surface area contributed by atoms with Crippen LogP contribution in [0.15, 0.2) is 84.9 Å². The summed E-state index contributed by atoms with van der Waals surface area (Å²) >= 11 is 0. The van der Waals surface area contributed by atoms with E-state index in [0.717, 1.165) is 6.54 Å². The zero-order chi connectivity index (χ0) is 17.5. The Bertz CT molecular complexity index is 751. The highest BCUT2D eigenvalue weighted by Gasteiger charge is 2.14. The smallest absolute Gasteiger partial charge is 0.108 e. The number of likely N-dealkylation sites (N-methyl/N-ethyl adjacent to an activating group) is 1. The summed E-state index contributed by atoms with van der Waals surface area (Å²) in [4.78, 5) is 2.14. The first-order chi connectivity index (χ1) is 12.2. The second-order valence-electron chi connectivity index (χ2n) is 6.45. The Balaban J connectivity index is 1.83. The molecule has 0 aliphatic rings. The topological polar surface area (TPSA) is 12.5 Å². The highest BCUT2D eigenvalue weighted by atomic mass is 16.5. The van der Waals surface area contributed by atoms with Gasteiger partial charge in [-0.25, -0.2) is 0 Å². The molecule has 0 aliphatic heterocycles. The van der Waals surface area contributed by atoms with Crippen LogP contribution in [-0.4, -0.2) is 32.1 Å². The predicted molar refractivity (Wildman–Crippen MR) is 105 cm³/mol. The van der Waals surface area contributed by atoms with Crippen molar-refractivity contribution < 1.29 is 4.74 Å². The lowest BCUT2D eigenvalue weighted by atomic mass is 9.98. The van der Waals surface area contributed by atoms with E-state index < -0.39 is 0 Å². The first-order valence-corrected chi connectivity index (χ1v) is 8.71. The lowest BCUT2D eigenvalue weighted by Crippen LogP contribution is -2.20. The van der Waals surface area contributed by atoms with Crippen LogP contribution < -0.4 is 0 Å². The molecule has 3 aromatic carbocycles. The Morgan fingerprint density at radius 3 is 1.80 bits per heavy atom. The molecule has 0 bridgehead atoms. The van der Waals surface area contributed by atoms with Gasteiger partial charge in [0.15, 0.2) is 0 Å². The molecule has 0 saturated heterocycles. The highest BCUT2D eigenvalue weighted by Crippen LogP contribution is 2.28. The Kier molecular flexibility index (Phi) is 5.99. The molecule has 25 heavy (non-hydrogen) atoms. The first-order valence-electron chi connectivity index (χ1n) is 8.71. The molecule has 0 aromatic heterocycles. The maximum atomic E-state index is 6.23. The van der Waals surface area contributed by atoms with Crippen LogP contribution in [0.3, 0.4) is 0 Å². The number of benzene rings is 3. The molecular formula is C23H25NO. The second-order valence-corrected chi connectivity index (χ2v) is 6.45. The van der Waals surface area contributed by atoms with Crippen LogP contribution in [0.4, 0.5) is 0 Å². The average Bonchev–Trinajstić information content (AvgIpc) is 2.67. The third-order valence-corrected chi connectivity index (χ3v) is 4.25. The van der Waals surface area contributed by atoms with E-state index in [0.29, 0.717) is 6.61 Å². The Morgan fingerprint density at radius 2 is 1.20 bits per heavy atom. The van der Waals surface area contributed by atoms with Gasteiger partial charge < -0.3 is 9.64 Å². The van der Waals surface area contributed by atoms with Gasteiger partial charge in [-0.05, 0) is 36.3 Å². The van der Waals surface area contributed by atoms with Crippen molar-refractivity contribution in [3.05, 3.63) is 96.1 Å². The van der Waals surface area contributed by atoms with E-state index in [1.807, 2.05) is 12.1 Å². The van der Waals surface area contributed by atoms with Gasteiger partial charge in [-0.15, -0.1) is 0 Å². The van der Waals surface area contributed by atoms with Gasteiger partial charge in [0.05, 0.1) is 6.61 Å². The summed E-state index contributed by atoms with van der Waals surface area (Å²) in [7, 11) is 4.13. The quantitative estimate of drug-likeness (QED) is 0.602. The fraction of sp³-hybridized carbons (Fsp3) is 0.217. The van der Waals surface area contributed by atoms with Gasteiger partial charge >= 0.3 is 0 Å². The summed E-state index contributed by atoms with van der Waals surface area (Å²) < 4.78 is 6.23. The van der Waals surface area contributed by atoms with Crippen LogP contribution in [-0.2, 0) is 4.74 Å². The Morgan fingerprint density at radius 1 is 0.680 bits per heavy atom. The SMILES string of the molecule is CN(C)CCOC(c1ccccc1)c1ccc(-c2ccccc2)cc1. The van der Waals surface area contributed by atoms with Gasteiger partial charge in [-0.1, -0.05) is 84.9 Å². The zero-order valence-electron chi connectivity index (χ0n) is 14.9. The van der Waals surface area contributed by atoms with E-state index in [4.69, 9.17) is 4.74 Å². The molecule has 0 saturated carbocycles. The molecule has 1 atom stereocenters. The number of rotatable bonds is 7. The maximum Gasteiger partial charge on any atom is 0.108 e. The van der Waals surface area contributed by atoms with Gasteiger partial charge in [-0.2, -0.15) is 0 Å². The number of hydrogen-bond acceptors (Lipinski definition) is 2. The average molecular weight is 331 g/mol. The summed E-state index contributed by atoms with van der Waals surface area (Å²) in [6, 6.07) is 29.6. The van der Waals surface area contributed by atoms with E-state index in [2.05, 4.69) is 91.8 Å². The van der Waals surface area contributed by atoms with Crippen molar-refractivity contribution in [3.63, 3.8) is 0 Å². The summed E-state index contributed by atoms with van der Waals surface area (Å²) in [5.74, 6) is 0. The fourth-order valence-electron chi connectivity index (χ4n) is 2.85. The van der Waals surface area contributed by atoms with E-state index in [9.17, 15) is 0 Å². The first kappa shape index (κ1) is 17.4. The molecule has 0 heterocycles. The van der Waals surface area contributed by atoms with Crippen molar-refractivity contribution in [1.82, 2.24) is 4.90 Å². The number of ether oxygens (including phenoxy) is 1. The Labute approximate surface area is 150 Å². The van der Waals surface area contributed by atoms with E-state index >= 15 is 0 Å². The number of nitrogens with zero attached hydrogens (tertiary/aromatic N) is 1. The summed E-state index contributed by atoms with van der Waals surface area (Å²) in [5.41, 5.74) is 4.83. The van der Waals surface area contributed by atoms with E-state index in [1.165, 1.54) is 22.3 Å².